The standard InChI is InChI=1S/C6H8O8S/c7-2(8)1-15-6(14,5(12)13)3(9)4(10)11/h3,9,14H,1H2,(H,7,8)(H,10,11)(H,12,13)/t3-,6-/m0/s1. The monoisotopic (exact) mass is 240 g/mol. The second-order valence-electron chi connectivity index (χ2n) is 2.42. The second-order valence-corrected chi connectivity index (χ2v) is 3.62. The van der Waals surface area contributed by atoms with E-state index in [1.54, 1.807) is 0 Å². The summed E-state index contributed by atoms with van der Waals surface area (Å²) in [5.74, 6) is -6.29. The van der Waals surface area contributed by atoms with Crippen molar-refractivity contribution >= 4 is 29.7 Å². The van der Waals surface area contributed by atoms with Crippen LogP contribution < -0.4 is 0 Å². The predicted molar refractivity (Wildman–Crippen MR) is 46.3 cm³/mol. The highest BCUT2D eigenvalue weighted by Gasteiger charge is 2.48. The van der Waals surface area contributed by atoms with Crippen molar-refractivity contribution in [1.82, 2.24) is 0 Å². The fourth-order valence-corrected chi connectivity index (χ4v) is 1.32. The number of carboxylic acid groups (broad SMARTS) is 3. The Kier molecular flexibility index (Phi) is 4.52. The van der Waals surface area contributed by atoms with Gasteiger partial charge in [-0.25, -0.2) is 9.59 Å². The van der Waals surface area contributed by atoms with E-state index in [0.29, 0.717) is 0 Å². The van der Waals surface area contributed by atoms with E-state index in [1.807, 2.05) is 0 Å². The molecule has 8 nitrogen and oxygen atoms in total. The molecule has 0 radical (unpaired) electrons. The summed E-state index contributed by atoms with van der Waals surface area (Å²) in [5.41, 5.74) is 0. The summed E-state index contributed by atoms with van der Waals surface area (Å²) in [7, 11) is 0. The van der Waals surface area contributed by atoms with Crippen LogP contribution in [0.2, 0.25) is 0 Å². The lowest BCUT2D eigenvalue weighted by Gasteiger charge is -2.24. The van der Waals surface area contributed by atoms with Crippen molar-refractivity contribution in [3.05, 3.63) is 0 Å². The Bertz CT molecular complexity index is 289. The number of hydrogen-bond donors (Lipinski definition) is 5. The van der Waals surface area contributed by atoms with Gasteiger partial charge in [0.25, 0.3) is 0 Å². The van der Waals surface area contributed by atoms with Crippen LogP contribution in [0.1, 0.15) is 0 Å². The first-order chi connectivity index (χ1) is 6.71. The summed E-state index contributed by atoms with van der Waals surface area (Å²) in [6.07, 6.45) is -2.61. The van der Waals surface area contributed by atoms with Crippen molar-refractivity contribution < 1.29 is 39.9 Å². The van der Waals surface area contributed by atoms with E-state index < -0.39 is 34.7 Å². The summed E-state index contributed by atoms with van der Waals surface area (Å²) in [6, 6.07) is 0. The van der Waals surface area contributed by atoms with Gasteiger partial charge in [0, 0.05) is 0 Å². The Morgan fingerprint density at radius 1 is 1.20 bits per heavy atom. The predicted octanol–water partition coefficient (Wildman–Crippen LogP) is -1.98. The number of hydrogen-bond acceptors (Lipinski definition) is 6. The van der Waals surface area contributed by atoms with E-state index in [1.165, 1.54) is 0 Å². The quantitative estimate of drug-likeness (QED) is 0.332. The average molecular weight is 240 g/mol. The summed E-state index contributed by atoms with van der Waals surface area (Å²) < 4.78 is 0. The highest BCUT2D eigenvalue weighted by molar-refractivity contribution is 8.01. The van der Waals surface area contributed by atoms with Crippen LogP contribution >= 0.6 is 11.8 Å². The first-order valence-corrected chi connectivity index (χ1v) is 4.42. The lowest BCUT2D eigenvalue weighted by molar-refractivity contribution is -0.170. The maximum absolute atomic E-state index is 10.5. The molecule has 0 unspecified atom stereocenters. The third-order valence-corrected chi connectivity index (χ3v) is 2.56. The third kappa shape index (κ3) is 3.38. The van der Waals surface area contributed by atoms with Crippen molar-refractivity contribution in [1.29, 1.82) is 0 Å². The van der Waals surface area contributed by atoms with E-state index in [0.717, 1.165) is 0 Å². The van der Waals surface area contributed by atoms with Gasteiger partial charge in [-0.1, -0.05) is 0 Å². The Balaban J connectivity index is 4.81. The molecule has 0 aliphatic rings. The lowest BCUT2D eigenvalue weighted by atomic mass is 10.2. The topological polar surface area (TPSA) is 152 Å². The van der Waals surface area contributed by atoms with Gasteiger partial charge in [0.05, 0.1) is 5.75 Å². The zero-order chi connectivity index (χ0) is 12.2. The van der Waals surface area contributed by atoms with Crippen LogP contribution in [0.25, 0.3) is 0 Å². The van der Waals surface area contributed by atoms with Gasteiger partial charge < -0.3 is 25.5 Å². The molecule has 0 fully saturated rings. The van der Waals surface area contributed by atoms with Crippen LogP contribution in [-0.2, 0) is 14.4 Å². The fraction of sp³-hybridized carbons (Fsp3) is 0.500. The number of aliphatic hydroxyl groups excluding tert-OH is 1. The molecular formula is C6H8O8S. The van der Waals surface area contributed by atoms with Crippen molar-refractivity contribution in [3.8, 4) is 0 Å². The number of carbonyl (C=O) groups is 3. The maximum atomic E-state index is 10.5. The summed E-state index contributed by atoms with van der Waals surface area (Å²) in [4.78, 5) is 27.8. The second kappa shape index (κ2) is 4.96. The molecule has 0 aromatic heterocycles. The average Bonchev–Trinajstić information content (AvgIpc) is 2.12. The fourth-order valence-electron chi connectivity index (χ4n) is 0.597. The minimum atomic E-state index is -3.08. The van der Waals surface area contributed by atoms with Gasteiger partial charge in [-0.3, -0.25) is 4.79 Å². The minimum Gasteiger partial charge on any atom is -0.481 e. The van der Waals surface area contributed by atoms with Gasteiger partial charge >= 0.3 is 17.9 Å². The molecule has 0 rings (SSSR count). The molecule has 0 aromatic carbocycles. The van der Waals surface area contributed by atoms with Crippen LogP contribution in [0.4, 0.5) is 0 Å². The molecule has 5 N–H and O–H groups in total. The zero-order valence-corrected chi connectivity index (χ0v) is 7.97. The molecule has 0 spiro atoms. The van der Waals surface area contributed by atoms with E-state index in [2.05, 4.69) is 0 Å². The first-order valence-electron chi connectivity index (χ1n) is 3.44. The molecule has 0 aromatic rings. The van der Waals surface area contributed by atoms with Gasteiger partial charge in [-0.15, -0.1) is 11.8 Å². The number of aliphatic hydroxyl groups is 2. The summed E-state index contributed by atoms with van der Waals surface area (Å²) in [5, 5.41) is 43.1. The molecular weight excluding hydrogens is 232 g/mol. The normalized spacial score (nSPS) is 16.4. The molecule has 0 saturated carbocycles. The van der Waals surface area contributed by atoms with Crippen molar-refractivity contribution in [2.45, 2.75) is 11.0 Å². The number of aliphatic carboxylic acids is 3. The van der Waals surface area contributed by atoms with E-state index in [4.69, 9.17) is 20.4 Å². The van der Waals surface area contributed by atoms with Crippen LogP contribution in [0.15, 0.2) is 0 Å². The van der Waals surface area contributed by atoms with Gasteiger partial charge in [0.15, 0.2) is 0 Å². The van der Waals surface area contributed by atoms with Gasteiger partial charge in [0.2, 0.25) is 11.0 Å². The molecule has 86 valence electrons. The van der Waals surface area contributed by atoms with Crippen molar-refractivity contribution in [3.63, 3.8) is 0 Å². The lowest BCUT2D eigenvalue weighted by Crippen LogP contribution is -2.51. The van der Waals surface area contributed by atoms with Crippen LogP contribution in [0.5, 0.6) is 0 Å². The Labute approximate surface area is 87.1 Å². The molecule has 0 saturated heterocycles. The first kappa shape index (κ1) is 13.7. The molecule has 2 atom stereocenters. The minimum absolute atomic E-state index is 0.0979. The highest BCUT2D eigenvalue weighted by Crippen LogP contribution is 2.26. The Morgan fingerprint density at radius 3 is 1.93 bits per heavy atom. The molecule has 0 heterocycles. The third-order valence-electron chi connectivity index (χ3n) is 1.33. The van der Waals surface area contributed by atoms with Gasteiger partial charge in [-0.2, -0.15) is 0 Å². The molecule has 0 aliphatic heterocycles. The molecule has 9 heteroatoms. The summed E-state index contributed by atoms with van der Waals surface area (Å²) >= 11 is -0.0979. The molecule has 0 aliphatic carbocycles. The van der Waals surface area contributed by atoms with E-state index in [-0.39, 0.29) is 11.8 Å². The Morgan fingerprint density at radius 2 is 1.67 bits per heavy atom. The zero-order valence-electron chi connectivity index (χ0n) is 7.15. The Hall–Kier alpha value is -1.32. The molecule has 0 amide bonds. The van der Waals surface area contributed by atoms with Crippen molar-refractivity contribution in [2.75, 3.05) is 5.75 Å². The van der Waals surface area contributed by atoms with Crippen LogP contribution in [0.3, 0.4) is 0 Å². The smallest absolute Gasteiger partial charge is 0.349 e. The van der Waals surface area contributed by atoms with Crippen LogP contribution in [0, 0.1) is 0 Å². The van der Waals surface area contributed by atoms with Gasteiger partial charge in [-0.05, 0) is 0 Å². The summed E-state index contributed by atoms with van der Waals surface area (Å²) in [6.45, 7) is 0. The van der Waals surface area contributed by atoms with Crippen molar-refractivity contribution in [2.24, 2.45) is 0 Å². The SMILES string of the molecule is O=C(O)CS[C@](O)(C(=O)O)[C@@H](O)C(=O)O. The maximum Gasteiger partial charge on any atom is 0.349 e. The van der Waals surface area contributed by atoms with E-state index in [9.17, 15) is 19.5 Å². The molecule has 15 heavy (non-hydrogen) atoms. The van der Waals surface area contributed by atoms with Crippen LogP contribution in [-0.4, -0.2) is 60.2 Å². The number of rotatable bonds is 6. The highest BCUT2D eigenvalue weighted by atomic mass is 32.2. The number of carboxylic acids is 3. The van der Waals surface area contributed by atoms with E-state index >= 15 is 0 Å². The molecule has 0 bridgehead atoms. The largest absolute Gasteiger partial charge is 0.481 e. The number of thioether (sulfide) groups is 1. The van der Waals surface area contributed by atoms with Gasteiger partial charge in [0.1, 0.15) is 0 Å².